The highest BCUT2D eigenvalue weighted by atomic mass is 32.1. The Morgan fingerprint density at radius 3 is 2.55 bits per heavy atom. The van der Waals surface area contributed by atoms with Crippen molar-refractivity contribution in [3.8, 4) is 0 Å². The molecule has 0 aliphatic carbocycles. The van der Waals surface area contributed by atoms with Gasteiger partial charge in [0.05, 0.1) is 32.4 Å². The van der Waals surface area contributed by atoms with Crippen LogP contribution < -0.4 is 10.6 Å². The number of rotatable bonds is 9. The van der Waals surface area contributed by atoms with Gasteiger partial charge in [-0.15, -0.1) is 11.3 Å². The Morgan fingerprint density at radius 1 is 1.11 bits per heavy atom. The number of pyridine rings is 1. The molecule has 1 aromatic carbocycles. The molecule has 0 saturated carbocycles. The van der Waals surface area contributed by atoms with Crippen LogP contribution in [0.4, 0.5) is 16.2 Å². The minimum atomic E-state index is -0.233. The second-order valence-corrected chi connectivity index (χ2v) is 10.8. The number of nitrogens with zero attached hydrogens (tertiary/aromatic N) is 3. The summed E-state index contributed by atoms with van der Waals surface area (Å²) < 4.78 is 13.5. The second-order valence-electron chi connectivity index (χ2n) is 9.71. The predicted molar refractivity (Wildman–Crippen MR) is 153 cm³/mol. The highest BCUT2D eigenvalue weighted by Gasteiger charge is 2.23. The van der Waals surface area contributed by atoms with E-state index in [1.165, 1.54) is 11.3 Å². The summed E-state index contributed by atoms with van der Waals surface area (Å²) in [5.74, 6) is -0.0952. The van der Waals surface area contributed by atoms with Crippen LogP contribution in [0.25, 0.3) is 21.1 Å². The van der Waals surface area contributed by atoms with Crippen LogP contribution in [0.3, 0.4) is 0 Å². The van der Waals surface area contributed by atoms with Crippen LogP contribution in [-0.2, 0) is 9.47 Å². The number of anilines is 2. The average Bonchev–Trinajstić information content (AvgIpc) is 3.46. The monoisotopic (exact) mass is 537 g/mol. The van der Waals surface area contributed by atoms with E-state index in [0.717, 1.165) is 38.2 Å². The molecule has 10 heteroatoms. The zero-order chi connectivity index (χ0) is 27.6. The number of methoxy groups -OCH3 is 2. The molecule has 0 aliphatic rings. The third-order valence-corrected chi connectivity index (χ3v) is 7.65. The van der Waals surface area contributed by atoms with Crippen molar-refractivity contribution in [2.75, 3.05) is 33.1 Å². The van der Waals surface area contributed by atoms with Gasteiger partial charge in [0.1, 0.15) is 6.10 Å². The summed E-state index contributed by atoms with van der Waals surface area (Å²) in [6, 6.07) is 11.5. The van der Waals surface area contributed by atoms with Crippen molar-refractivity contribution in [1.29, 1.82) is 0 Å². The molecule has 4 aromatic rings. The molecule has 2 unspecified atom stereocenters. The second kappa shape index (κ2) is 11.5. The minimum Gasteiger partial charge on any atom is -0.379 e. The molecule has 38 heavy (non-hydrogen) atoms. The fourth-order valence-electron chi connectivity index (χ4n) is 4.42. The summed E-state index contributed by atoms with van der Waals surface area (Å²) in [7, 11) is 5.01. The van der Waals surface area contributed by atoms with E-state index in [9.17, 15) is 9.59 Å². The van der Waals surface area contributed by atoms with Crippen LogP contribution in [-0.4, -0.2) is 72.5 Å². The number of likely N-dealkylation sites (N-methyl/N-ethyl adjacent to an activating group) is 1. The number of benzene rings is 1. The minimum absolute atomic E-state index is 0.0482. The number of fused-ring (bicyclic) bond motifs is 2. The van der Waals surface area contributed by atoms with Gasteiger partial charge in [-0.2, -0.15) is 0 Å². The molecule has 3 aromatic heterocycles. The first-order chi connectivity index (χ1) is 18.1. The first kappa shape index (κ1) is 27.6. The number of amides is 2. The zero-order valence-electron chi connectivity index (χ0n) is 22.9. The molecule has 0 radical (unpaired) electrons. The topological polar surface area (TPSA) is 97.7 Å². The van der Waals surface area contributed by atoms with Crippen molar-refractivity contribution in [3.63, 3.8) is 0 Å². The van der Waals surface area contributed by atoms with Gasteiger partial charge >= 0.3 is 6.03 Å². The van der Waals surface area contributed by atoms with Crippen LogP contribution in [0.2, 0.25) is 0 Å². The van der Waals surface area contributed by atoms with E-state index in [1.54, 1.807) is 36.9 Å². The van der Waals surface area contributed by atoms with Gasteiger partial charge in [-0.25, -0.2) is 4.79 Å². The number of hydrogen-bond acceptors (Lipinski definition) is 7. The molecule has 0 fully saturated rings. The average molecular weight is 538 g/mol. The Labute approximate surface area is 226 Å². The van der Waals surface area contributed by atoms with Gasteiger partial charge in [0.15, 0.2) is 0 Å². The maximum absolute atomic E-state index is 13.2. The van der Waals surface area contributed by atoms with Crippen LogP contribution in [0.15, 0.2) is 42.6 Å². The van der Waals surface area contributed by atoms with Gasteiger partial charge < -0.3 is 25.0 Å². The van der Waals surface area contributed by atoms with Gasteiger partial charge in [0.25, 0.3) is 5.91 Å². The molecule has 9 nitrogen and oxygen atoms in total. The van der Waals surface area contributed by atoms with E-state index in [1.807, 2.05) is 64.1 Å². The smallest absolute Gasteiger partial charge is 0.326 e. The first-order valence-electron chi connectivity index (χ1n) is 12.5. The van der Waals surface area contributed by atoms with E-state index in [4.69, 9.17) is 9.47 Å². The number of thiophene rings is 1. The summed E-state index contributed by atoms with van der Waals surface area (Å²) in [5, 5.41) is 7.38. The molecule has 0 aliphatic heterocycles. The summed E-state index contributed by atoms with van der Waals surface area (Å²) >= 11 is 1.40. The largest absolute Gasteiger partial charge is 0.379 e. The van der Waals surface area contributed by atoms with Crippen LogP contribution >= 0.6 is 11.3 Å². The molecule has 3 heterocycles. The lowest BCUT2D eigenvalue weighted by Crippen LogP contribution is -2.40. The fraction of sp³-hybridized carbons (Fsp3) is 0.393. The number of aryl methyl sites for hydroxylation is 1. The quantitative estimate of drug-likeness (QED) is 0.297. The maximum atomic E-state index is 13.2. The molecule has 0 saturated heterocycles. The van der Waals surface area contributed by atoms with E-state index in [-0.39, 0.29) is 30.2 Å². The molecule has 2 atom stereocenters. The van der Waals surface area contributed by atoms with Crippen molar-refractivity contribution < 1.29 is 19.1 Å². The van der Waals surface area contributed by atoms with Crippen LogP contribution in [0, 0.1) is 6.92 Å². The number of aromatic nitrogens is 2. The SMILES string of the molecule is COC(C)C(CN(C)C(=O)c1cc2nccc(Nc3ccc4c(c3)cc(C)n4C(=O)NC(C)C)c2s1)OC. The van der Waals surface area contributed by atoms with Crippen molar-refractivity contribution in [3.05, 3.63) is 53.2 Å². The highest BCUT2D eigenvalue weighted by Crippen LogP contribution is 2.34. The summed E-state index contributed by atoms with van der Waals surface area (Å²) in [4.78, 5) is 32.6. The molecular weight excluding hydrogens is 502 g/mol. The Kier molecular flexibility index (Phi) is 8.35. The zero-order valence-corrected chi connectivity index (χ0v) is 23.7. The predicted octanol–water partition coefficient (Wildman–Crippen LogP) is 5.39. The van der Waals surface area contributed by atoms with E-state index in [0.29, 0.717) is 11.4 Å². The highest BCUT2D eigenvalue weighted by molar-refractivity contribution is 7.21. The molecule has 2 N–H and O–H groups in total. The first-order valence-corrected chi connectivity index (χ1v) is 13.3. The summed E-state index contributed by atoms with van der Waals surface area (Å²) in [6.45, 7) is 8.13. The number of hydrogen-bond donors (Lipinski definition) is 2. The number of carbonyl (C=O) groups is 2. The van der Waals surface area contributed by atoms with Crippen molar-refractivity contribution in [1.82, 2.24) is 19.8 Å². The summed E-state index contributed by atoms with van der Waals surface area (Å²) in [6.07, 6.45) is 1.35. The molecule has 4 rings (SSSR count). The van der Waals surface area contributed by atoms with E-state index < -0.39 is 0 Å². The third-order valence-electron chi connectivity index (χ3n) is 6.50. The van der Waals surface area contributed by atoms with Crippen molar-refractivity contribution >= 4 is 55.8 Å². The molecule has 0 bridgehead atoms. The standard InChI is InChI=1S/C28H35N5O4S/c1-16(2)30-28(35)33-17(3)12-19-13-20(8-9-23(19)33)31-21-10-11-29-22-14-25(38-26(21)22)27(34)32(5)15-24(37-7)18(4)36-6/h8-14,16,18,24H,15H2,1-7H3,(H,29,31)(H,30,35). The summed E-state index contributed by atoms with van der Waals surface area (Å²) in [5.41, 5.74) is 4.19. The Morgan fingerprint density at radius 2 is 1.87 bits per heavy atom. The Hall–Kier alpha value is -3.47. The Balaban J connectivity index is 1.58. The number of carbonyl (C=O) groups excluding carboxylic acids is 2. The van der Waals surface area contributed by atoms with Gasteiger partial charge in [0.2, 0.25) is 0 Å². The number of ether oxygens (including phenoxy) is 2. The van der Waals surface area contributed by atoms with Crippen LogP contribution in [0.1, 0.15) is 36.1 Å². The van der Waals surface area contributed by atoms with Gasteiger partial charge in [-0.05, 0) is 64.1 Å². The number of nitrogens with one attached hydrogen (secondary N) is 2. The van der Waals surface area contributed by atoms with Gasteiger partial charge in [-0.3, -0.25) is 14.3 Å². The third kappa shape index (κ3) is 5.67. The van der Waals surface area contributed by atoms with Crippen molar-refractivity contribution in [2.24, 2.45) is 0 Å². The van der Waals surface area contributed by atoms with Crippen LogP contribution in [0.5, 0.6) is 0 Å². The van der Waals surface area contributed by atoms with E-state index in [2.05, 4.69) is 15.6 Å². The lowest BCUT2D eigenvalue weighted by molar-refractivity contribution is -0.0360. The molecule has 0 spiro atoms. The lowest BCUT2D eigenvalue weighted by atomic mass is 10.2. The van der Waals surface area contributed by atoms with E-state index >= 15 is 0 Å². The fourth-order valence-corrected chi connectivity index (χ4v) is 5.50. The molecule has 2 amide bonds. The molecule has 202 valence electrons. The molecular formula is C28H35N5O4S. The normalized spacial score (nSPS) is 13.2. The van der Waals surface area contributed by atoms with Crippen molar-refractivity contribution in [2.45, 2.75) is 45.9 Å². The Bertz CT molecular complexity index is 1460. The van der Waals surface area contributed by atoms with Gasteiger partial charge in [-0.1, -0.05) is 0 Å². The van der Waals surface area contributed by atoms with Gasteiger partial charge in [0, 0.05) is 56.8 Å². The maximum Gasteiger partial charge on any atom is 0.326 e. The lowest BCUT2D eigenvalue weighted by Gasteiger charge is -2.26.